The number of nitrogens with one attached hydrogen (secondary N) is 1. The zero-order chi connectivity index (χ0) is 20.4. The first-order chi connectivity index (χ1) is 13.3. The van der Waals surface area contributed by atoms with Crippen LogP contribution in [0.5, 0.6) is 0 Å². The number of carbonyl (C=O) groups is 2. The highest BCUT2D eigenvalue weighted by atomic mass is 16.6. The Labute approximate surface area is 162 Å². The molecule has 9 nitrogen and oxygen atoms in total. The molecule has 1 aromatic carbocycles. The molecule has 1 unspecified atom stereocenters. The molecular formula is C19H23N5O4. The van der Waals surface area contributed by atoms with Crippen molar-refractivity contribution < 1.29 is 14.5 Å². The Bertz CT molecular complexity index is 921. The van der Waals surface area contributed by atoms with Crippen LogP contribution in [0.3, 0.4) is 0 Å². The number of rotatable bonds is 5. The van der Waals surface area contributed by atoms with Crippen molar-refractivity contribution in [3.05, 3.63) is 51.8 Å². The molecule has 1 atom stereocenters. The Morgan fingerprint density at radius 1 is 1.36 bits per heavy atom. The normalized spacial score (nSPS) is 16.4. The average Bonchev–Trinajstić information content (AvgIpc) is 3.30. The van der Waals surface area contributed by atoms with Crippen LogP contribution in [0.25, 0.3) is 0 Å². The van der Waals surface area contributed by atoms with E-state index < -0.39 is 11.0 Å². The summed E-state index contributed by atoms with van der Waals surface area (Å²) in [6, 6.07) is 3.87. The van der Waals surface area contributed by atoms with Crippen molar-refractivity contribution in [1.29, 1.82) is 0 Å². The minimum absolute atomic E-state index is 0.0329. The number of hydrogen-bond acceptors (Lipinski definition) is 5. The summed E-state index contributed by atoms with van der Waals surface area (Å²) in [7, 11) is 0. The summed E-state index contributed by atoms with van der Waals surface area (Å²) in [5, 5.41) is 18.0. The van der Waals surface area contributed by atoms with Crippen LogP contribution in [0.15, 0.2) is 30.6 Å². The Kier molecular flexibility index (Phi) is 5.43. The van der Waals surface area contributed by atoms with Crippen molar-refractivity contribution in [2.45, 2.75) is 45.7 Å². The van der Waals surface area contributed by atoms with Crippen molar-refractivity contribution in [2.24, 2.45) is 0 Å². The van der Waals surface area contributed by atoms with E-state index in [-0.39, 0.29) is 23.5 Å². The van der Waals surface area contributed by atoms with Gasteiger partial charge in [0.15, 0.2) is 0 Å². The van der Waals surface area contributed by atoms with Crippen molar-refractivity contribution in [3.63, 3.8) is 0 Å². The first kappa shape index (κ1) is 19.5. The number of likely N-dealkylation sites (tertiary alicyclic amines) is 1. The number of aromatic nitrogens is 2. The van der Waals surface area contributed by atoms with Crippen LogP contribution in [-0.4, -0.2) is 44.0 Å². The summed E-state index contributed by atoms with van der Waals surface area (Å²) in [5.41, 5.74) is 1.31. The van der Waals surface area contributed by atoms with Crippen molar-refractivity contribution in [3.8, 4) is 0 Å². The molecular weight excluding hydrogens is 362 g/mol. The van der Waals surface area contributed by atoms with E-state index in [0.717, 1.165) is 6.42 Å². The number of nitrogens with zero attached hydrogens (tertiary/aromatic N) is 4. The predicted octanol–water partition coefficient (Wildman–Crippen LogP) is 2.92. The molecule has 0 bridgehead atoms. The fourth-order valence-corrected chi connectivity index (χ4v) is 3.35. The molecule has 2 aromatic rings. The third-order valence-electron chi connectivity index (χ3n) is 4.85. The molecule has 28 heavy (non-hydrogen) atoms. The topological polar surface area (TPSA) is 110 Å². The molecule has 1 aliphatic heterocycles. The molecule has 0 spiro atoms. The Balaban J connectivity index is 1.74. The Morgan fingerprint density at radius 3 is 2.71 bits per heavy atom. The van der Waals surface area contributed by atoms with Crippen LogP contribution < -0.4 is 5.32 Å². The molecule has 1 saturated heterocycles. The van der Waals surface area contributed by atoms with Gasteiger partial charge in [-0.2, -0.15) is 5.10 Å². The number of hydrogen-bond donors (Lipinski definition) is 1. The van der Waals surface area contributed by atoms with Gasteiger partial charge in [0.1, 0.15) is 6.04 Å². The van der Waals surface area contributed by atoms with E-state index in [1.165, 1.54) is 23.1 Å². The fourth-order valence-electron chi connectivity index (χ4n) is 3.35. The summed E-state index contributed by atoms with van der Waals surface area (Å²) in [6.45, 7) is 6.04. The quantitative estimate of drug-likeness (QED) is 0.628. The number of benzene rings is 1. The van der Waals surface area contributed by atoms with E-state index in [4.69, 9.17) is 0 Å². The van der Waals surface area contributed by atoms with Gasteiger partial charge in [-0.25, -0.2) is 0 Å². The van der Waals surface area contributed by atoms with Gasteiger partial charge in [-0.3, -0.25) is 24.4 Å². The molecule has 0 aliphatic carbocycles. The van der Waals surface area contributed by atoms with E-state index in [1.807, 2.05) is 13.8 Å². The van der Waals surface area contributed by atoms with Gasteiger partial charge < -0.3 is 10.2 Å². The minimum atomic E-state index is -0.578. The summed E-state index contributed by atoms with van der Waals surface area (Å²) < 4.78 is 1.74. The lowest BCUT2D eigenvalue weighted by atomic mass is 10.1. The van der Waals surface area contributed by atoms with Crippen molar-refractivity contribution >= 4 is 23.2 Å². The SMILES string of the molecule is Cc1cc(C(=O)N2CCCC2C(=O)Nc2cnn(C(C)C)c2)ccc1[N+](=O)[O-]. The highest BCUT2D eigenvalue weighted by molar-refractivity contribution is 6.01. The van der Waals surface area contributed by atoms with Crippen molar-refractivity contribution in [2.75, 3.05) is 11.9 Å². The third-order valence-corrected chi connectivity index (χ3v) is 4.85. The van der Waals surface area contributed by atoms with Crippen molar-refractivity contribution in [1.82, 2.24) is 14.7 Å². The largest absolute Gasteiger partial charge is 0.327 e. The van der Waals surface area contributed by atoms with Crippen LogP contribution in [-0.2, 0) is 4.79 Å². The van der Waals surface area contributed by atoms with E-state index in [9.17, 15) is 19.7 Å². The average molecular weight is 385 g/mol. The number of anilines is 1. The lowest BCUT2D eigenvalue weighted by Crippen LogP contribution is -2.43. The fraction of sp³-hybridized carbons (Fsp3) is 0.421. The van der Waals surface area contributed by atoms with Gasteiger partial charge in [0, 0.05) is 36.0 Å². The molecule has 1 aromatic heterocycles. The summed E-state index contributed by atoms with van der Waals surface area (Å²) in [4.78, 5) is 37.6. The highest BCUT2D eigenvalue weighted by Crippen LogP contribution is 2.24. The van der Waals surface area contributed by atoms with Gasteiger partial charge >= 0.3 is 0 Å². The van der Waals surface area contributed by atoms with Crippen LogP contribution in [0.1, 0.15) is 48.7 Å². The highest BCUT2D eigenvalue weighted by Gasteiger charge is 2.35. The summed E-state index contributed by atoms with van der Waals surface area (Å²) in [6.07, 6.45) is 4.63. The Morgan fingerprint density at radius 2 is 2.11 bits per heavy atom. The predicted molar refractivity (Wildman–Crippen MR) is 103 cm³/mol. The van der Waals surface area contributed by atoms with E-state index in [2.05, 4.69) is 10.4 Å². The number of carbonyl (C=O) groups excluding carboxylic acids is 2. The maximum absolute atomic E-state index is 12.9. The summed E-state index contributed by atoms with van der Waals surface area (Å²) in [5.74, 6) is -0.554. The molecule has 9 heteroatoms. The maximum atomic E-state index is 12.9. The molecule has 1 aliphatic rings. The van der Waals surface area contributed by atoms with Gasteiger partial charge in [-0.15, -0.1) is 0 Å². The monoisotopic (exact) mass is 385 g/mol. The zero-order valence-electron chi connectivity index (χ0n) is 16.1. The molecule has 3 rings (SSSR count). The Hall–Kier alpha value is -3.23. The third kappa shape index (κ3) is 3.88. The standard InChI is InChI=1S/C19H23N5O4/c1-12(2)23-11-15(10-20-23)21-18(25)17-5-4-8-22(17)19(26)14-6-7-16(24(27)28)13(3)9-14/h6-7,9-12,17H,4-5,8H2,1-3H3,(H,21,25). The van der Waals surface area contributed by atoms with Crippen LogP contribution in [0, 0.1) is 17.0 Å². The van der Waals surface area contributed by atoms with Crippen LogP contribution >= 0.6 is 0 Å². The second-order valence-corrected chi connectivity index (χ2v) is 7.21. The molecule has 1 fully saturated rings. The maximum Gasteiger partial charge on any atom is 0.272 e. The van der Waals surface area contributed by atoms with E-state index >= 15 is 0 Å². The second kappa shape index (κ2) is 7.79. The van der Waals surface area contributed by atoms with Gasteiger partial charge in [-0.05, 0) is 45.7 Å². The molecule has 0 radical (unpaired) electrons. The van der Waals surface area contributed by atoms with E-state index in [1.54, 1.807) is 24.0 Å². The molecule has 148 valence electrons. The molecule has 2 amide bonds. The van der Waals surface area contributed by atoms with Gasteiger partial charge in [0.05, 0.1) is 16.8 Å². The van der Waals surface area contributed by atoms with E-state index in [0.29, 0.717) is 29.8 Å². The van der Waals surface area contributed by atoms with Gasteiger partial charge in [0.25, 0.3) is 11.6 Å². The molecule has 0 saturated carbocycles. The van der Waals surface area contributed by atoms with Gasteiger partial charge in [0.2, 0.25) is 5.91 Å². The number of nitro groups is 1. The lowest BCUT2D eigenvalue weighted by molar-refractivity contribution is -0.385. The zero-order valence-corrected chi connectivity index (χ0v) is 16.1. The number of amides is 2. The molecule has 2 heterocycles. The van der Waals surface area contributed by atoms with Crippen LogP contribution in [0.4, 0.5) is 11.4 Å². The first-order valence-electron chi connectivity index (χ1n) is 9.19. The first-order valence-corrected chi connectivity index (χ1v) is 9.19. The van der Waals surface area contributed by atoms with Gasteiger partial charge in [-0.1, -0.05) is 0 Å². The minimum Gasteiger partial charge on any atom is -0.327 e. The number of aryl methyl sites for hydroxylation is 1. The van der Waals surface area contributed by atoms with Crippen LogP contribution in [0.2, 0.25) is 0 Å². The second-order valence-electron chi connectivity index (χ2n) is 7.21. The number of nitro benzene ring substituents is 1. The smallest absolute Gasteiger partial charge is 0.272 e. The molecule has 1 N–H and O–H groups in total. The summed E-state index contributed by atoms with van der Waals surface area (Å²) >= 11 is 0. The lowest BCUT2D eigenvalue weighted by Gasteiger charge is -2.24.